The molecule has 3 N–H and O–H groups in total. The fraction of sp³-hybridized carbons (Fsp3) is 0.364. The number of carbonyl (C=O) groups is 2. The van der Waals surface area contributed by atoms with E-state index in [-0.39, 0.29) is 33.5 Å². The Morgan fingerprint density at radius 2 is 1.78 bits per heavy atom. The number of nitrogens with one attached hydrogen (secondary N) is 2. The van der Waals surface area contributed by atoms with Crippen LogP contribution in [0, 0.1) is 5.92 Å². The third-order valence-electron chi connectivity index (χ3n) is 7.72. The SMILES string of the molecule is CC(C)(C)OC(=O)NC1CCCN(c2ccc(Nc3c(C(=O)C4CC4)cnc4ccc(-c5cc(Cl)c(O)c(Cl)c5)nc34)cn2)C1. The number of phenolic OH excluding ortho intramolecular Hbond substituents is 1. The number of Topliss-reactive ketones (excluding diaryl/α,β-unsaturated/α-hetero) is 1. The van der Waals surface area contributed by atoms with Crippen molar-refractivity contribution in [3.63, 3.8) is 0 Å². The first kappa shape index (κ1) is 30.9. The number of ether oxygens (including phenoxy) is 1. The van der Waals surface area contributed by atoms with Gasteiger partial charge in [0.15, 0.2) is 11.5 Å². The van der Waals surface area contributed by atoms with Gasteiger partial charge in [-0.3, -0.25) is 9.78 Å². The molecule has 1 aliphatic heterocycles. The van der Waals surface area contributed by atoms with E-state index in [1.54, 1.807) is 30.6 Å². The first-order valence-corrected chi connectivity index (χ1v) is 15.7. The number of pyridine rings is 3. The van der Waals surface area contributed by atoms with Crippen LogP contribution in [-0.2, 0) is 4.74 Å². The van der Waals surface area contributed by atoms with Gasteiger partial charge < -0.3 is 25.4 Å². The van der Waals surface area contributed by atoms with Crippen LogP contribution in [0.1, 0.15) is 56.8 Å². The standard InChI is InChI=1S/C33H34Cl2N6O4/c1-33(2,3)45-32(44)39-21-5-4-12-41(17-21)27-11-8-20(15-37-27)38-28-22(30(42)18-6-7-18)16-36-26-10-9-25(40-29(26)28)19-13-23(34)31(43)24(35)14-19/h8-11,13-16,18,21,43H,4-7,12,17H2,1-3H3,(H,36,38)(H,39,44). The fourth-order valence-electron chi connectivity index (χ4n) is 5.39. The lowest BCUT2D eigenvalue weighted by Gasteiger charge is -2.34. The Morgan fingerprint density at radius 1 is 1.02 bits per heavy atom. The van der Waals surface area contributed by atoms with E-state index in [1.807, 2.05) is 39.0 Å². The minimum Gasteiger partial charge on any atom is -0.505 e. The highest BCUT2D eigenvalue weighted by atomic mass is 35.5. The molecule has 0 radical (unpaired) electrons. The summed E-state index contributed by atoms with van der Waals surface area (Å²) in [7, 11) is 0. The number of rotatable bonds is 7. The second-order valence-corrected chi connectivity index (χ2v) is 13.3. The number of hydrogen-bond donors (Lipinski definition) is 3. The molecule has 1 aliphatic carbocycles. The summed E-state index contributed by atoms with van der Waals surface area (Å²) in [6, 6.07) is 10.6. The Hall–Kier alpha value is -4.15. The second-order valence-electron chi connectivity index (χ2n) is 12.5. The fourth-order valence-corrected chi connectivity index (χ4v) is 5.87. The number of alkyl carbamates (subject to hydrolysis) is 1. The predicted molar refractivity (Wildman–Crippen MR) is 176 cm³/mol. The van der Waals surface area contributed by atoms with E-state index in [2.05, 4.69) is 20.5 Å². The lowest BCUT2D eigenvalue weighted by Crippen LogP contribution is -2.49. The van der Waals surface area contributed by atoms with Crippen LogP contribution in [0.5, 0.6) is 5.75 Å². The summed E-state index contributed by atoms with van der Waals surface area (Å²) in [5.41, 5.74) is 3.41. The molecule has 4 aromatic rings. The number of halogens is 2. The molecule has 0 spiro atoms. The average Bonchev–Trinajstić information content (AvgIpc) is 3.85. The Morgan fingerprint density at radius 3 is 2.44 bits per heavy atom. The van der Waals surface area contributed by atoms with E-state index >= 15 is 0 Å². The molecule has 3 aromatic heterocycles. The van der Waals surface area contributed by atoms with Gasteiger partial charge in [0.05, 0.1) is 44.4 Å². The van der Waals surface area contributed by atoms with Crippen LogP contribution in [0.2, 0.25) is 10.0 Å². The quantitative estimate of drug-likeness (QED) is 0.174. The number of aromatic nitrogens is 3. The van der Waals surface area contributed by atoms with Crippen LogP contribution in [0.4, 0.5) is 22.0 Å². The van der Waals surface area contributed by atoms with Gasteiger partial charge in [0.2, 0.25) is 0 Å². The third kappa shape index (κ3) is 7.07. The zero-order chi connectivity index (χ0) is 31.9. The van der Waals surface area contributed by atoms with Crippen molar-refractivity contribution in [2.45, 2.75) is 58.1 Å². The monoisotopic (exact) mass is 648 g/mol. The third-order valence-corrected chi connectivity index (χ3v) is 8.30. The van der Waals surface area contributed by atoms with Gasteiger partial charge in [-0.2, -0.15) is 0 Å². The highest BCUT2D eigenvalue weighted by Gasteiger charge is 2.33. The molecule has 6 rings (SSSR count). The lowest BCUT2D eigenvalue weighted by atomic mass is 10.0. The van der Waals surface area contributed by atoms with Crippen molar-refractivity contribution >= 4 is 63.3 Å². The van der Waals surface area contributed by atoms with Crippen LogP contribution >= 0.6 is 23.2 Å². The maximum absolute atomic E-state index is 13.4. The van der Waals surface area contributed by atoms with Crippen molar-refractivity contribution in [3.8, 4) is 17.0 Å². The molecule has 2 fully saturated rings. The summed E-state index contributed by atoms with van der Waals surface area (Å²) in [6.45, 7) is 6.96. The van der Waals surface area contributed by atoms with Crippen LogP contribution in [0.25, 0.3) is 22.3 Å². The van der Waals surface area contributed by atoms with Gasteiger partial charge in [0.25, 0.3) is 0 Å². The van der Waals surface area contributed by atoms with Gasteiger partial charge in [-0.1, -0.05) is 23.2 Å². The Labute approximate surface area is 271 Å². The summed E-state index contributed by atoms with van der Waals surface area (Å²) < 4.78 is 5.43. The number of hydrogen-bond acceptors (Lipinski definition) is 9. The van der Waals surface area contributed by atoms with E-state index in [1.165, 1.54) is 0 Å². The van der Waals surface area contributed by atoms with Crippen molar-refractivity contribution in [1.29, 1.82) is 0 Å². The molecule has 2 aliphatic rings. The maximum atomic E-state index is 13.4. The lowest BCUT2D eigenvalue weighted by molar-refractivity contribution is 0.0499. The summed E-state index contributed by atoms with van der Waals surface area (Å²) in [6.07, 6.45) is 6.38. The number of aromatic hydroxyl groups is 1. The minimum atomic E-state index is -0.559. The number of carbonyl (C=O) groups excluding carboxylic acids is 2. The summed E-state index contributed by atoms with van der Waals surface area (Å²) in [5.74, 6) is 0.590. The first-order valence-electron chi connectivity index (χ1n) is 14.9. The van der Waals surface area contributed by atoms with E-state index < -0.39 is 11.7 Å². The Bertz CT molecular complexity index is 1750. The van der Waals surface area contributed by atoms with Crippen molar-refractivity contribution in [2.75, 3.05) is 23.3 Å². The number of piperidine rings is 1. The molecule has 1 atom stereocenters. The highest BCUT2D eigenvalue weighted by molar-refractivity contribution is 6.37. The number of fused-ring (bicyclic) bond motifs is 1. The molecular formula is C33H34Cl2N6O4. The topological polar surface area (TPSA) is 130 Å². The van der Waals surface area contributed by atoms with Crippen LogP contribution in [0.15, 0.2) is 48.8 Å². The Kier molecular flexibility index (Phi) is 8.45. The number of anilines is 3. The van der Waals surface area contributed by atoms with Crippen LogP contribution in [0.3, 0.4) is 0 Å². The molecule has 0 bridgehead atoms. The number of amides is 1. The summed E-state index contributed by atoms with van der Waals surface area (Å²) in [4.78, 5) is 41.9. The number of ketones is 1. The number of phenols is 1. The van der Waals surface area contributed by atoms with Gasteiger partial charge in [-0.25, -0.2) is 14.8 Å². The molecule has 45 heavy (non-hydrogen) atoms. The molecule has 1 aromatic carbocycles. The van der Waals surface area contributed by atoms with E-state index in [0.29, 0.717) is 45.8 Å². The molecular weight excluding hydrogens is 615 g/mol. The Balaban J connectivity index is 1.27. The molecule has 1 unspecified atom stereocenters. The van der Waals surface area contributed by atoms with E-state index in [9.17, 15) is 14.7 Å². The van der Waals surface area contributed by atoms with Gasteiger partial charge >= 0.3 is 6.09 Å². The highest BCUT2D eigenvalue weighted by Crippen LogP contribution is 2.39. The molecule has 1 saturated heterocycles. The molecule has 1 amide bonds. The second kappa shape index (κ2) is 12.3. The molecule has 10 nitrogen and oxygen atoms in total. The van der Waals surface area contributed by atoms with Gasteiger partial charge in [-0.05, 0) is 82.9 Å². The maximum Gasteiger partial charge on any atom is 0.407 e. The smallest absolute Gasteiger partial charge is 0.407 e. The normalized spacial score (nSPS) is 16.8. The number of nitrogens with zero attached hydrogens (tertiary/aromatic N) is 4. The minimum absolute atomic E-state index is 0.0236. The zero-order valence-electron chi connectivity index (χ0n) is 25.2. The van der Waals surface area contributed by atoms with E-state index in [0.717, 1.165) is 38.0 Å². The van der Waals surface area contributed by atoms with Crippen LogP contribution in [-0.4, -0.2) is 56.7 Å². The van der Waals surface area contributed by atoms with Crippen LogP contribution < -0.4 is 15.5 Å². The summed E-state index contributed by atoms with van der Waals surface area (Å²) >= 11 is 12.4. The zero-order valence-corrected chi connectivity index (χ0v) is 26.7. The summed E-state index contributed by atoms with van der Waals surface area (Å²) in [5, 5.41) is 16.6. The first-order chi connectivity index (χ1) is 21.4. The number of benzene rings is 1. The molecule has 1 saturated carbocycles. The van der Waals surface area contributed by atoms with E-state index in [4.69, 9.17) is 37.9 Å². The van der Waals surface area contributed by atoms with Gasteiger partial charge in [0, 0.05) is 36.8 Å². The van der Waals surface area contributed by atoms with Crippen molar-refractivity contribution < 1.29 is 19.4 Å². The van der Waals surface area contributed by atoms with Gasteiger partial charge in [-0.15, -0.1) is 0 Å². The van der Waals surface area contributed by atoms with Gasteiger partial charge in [0.1, 0.15) is 16.9 Å². The van der Waals surface area contributed by atoms with Crippen molar-refractivity contribution in [2.24, 2.45) is 5.92 Å². The molecule has 12 heteroatoms. The van der Waals surface area contributed by atoms with Crippen molar-refractivity contribution in [1.82, 2.24) is 20.3 Å². The molecule has 234 valence electrons. The van der Waals surface area contributed by atoms with Crippen molar-refractivity contribution in [3.05, 3.63) is 64.4 Å². The predicted octanol–water partition coefficient (Wildman–Crippen LogP) is 7.53. The largest absolute Gasteiger partial charge is 0.505 e. The average molecular weight is 650 g/mol. The molecule has 4 heterocycles.